The molecule has 0 radical (unpaired) electrons. The number of nitrogens with zero attached hydrogens (tertiary/aromatic N) is 1. The van der Waals surface area contributed by atoms with Crippen molar-refractivity contribution in [3.8, 4) is 11.8 Å². The van der Waals surface area contributed by atoms with Crippen molar-refractivity contribution < 1.29 is 9.84 Å². The first kappa shape index (κ1) is 15.2. The second-order valence-electron chi connectivity index (χ2n) is 4.13. The molecule has 1 heterocycles. The number of thiophene rings is 1. The predicted molar refractivity (Wildman–Crippen MR) is 75.7 cm³/mol. The van der Waals surface area contributed by atoms with Gasteiger partial charge in [-0.25, -0.2) is 0 Å². The van der Waals surface area contributed by atoms with E-state index in [0.29, 0.717) is 6.04 Å². The van der Waals surface area contributed by atoms with Crippen LogP contribution >= 0.6 is 11.3 Å². The Morgan fingerprint density at radius 1 is 1.56 bits per heavy atom. The van der Waals surface area contributed by atoms with Gasteiger partial charge in [0.05, 0.1) is 6.61 Å². The number of aliphatic hydroxyl groups excluding tert-OH is 1. The summed E-state index contributed by atoms with van der Waals surface area (Å²) in [5, 5.41) is 10.7. The van der Waals surface area contributed by atoms with Crippen LogP contribution in [0.3, 0.4) is 0 Å². The molecule has 1 N–H and O–H groups in total. The Morgan fingerprint density at radius 3 is 2.94 bits per heavy atom. The number of hydrogen-bond acceptors (Lipinski definition) is 4. The zero-order valence-electron chi connectivity index (χ0n) is 11.3. The number of methoxy groups -OCH3 is 1. The van der Waals surface area contributed by atoms with E-state index >= 15 is 0 Å². The maximum atomic E-state index is 8.66. The zero-order chi connectivity index (χ0) is 13.4. The standard InChI is InChI=1S/C14H21NO2S/c1-4-15(12(2)10-17-3)9-14-8-13(11-18-14)6-5-7-16/h8,11-12,16H,4,7,9-10H2,1-3H3. The topological polar surface area (TPSA) is 32.7 Å². The average molecular weight is 267 g/mol. The first-order valence-corrected chi connectivity index (χ1v) is 6.99. The minimum atomic E-state index is -0.0862. The minimum Gasteiger partial charge on any atom is -0.384 e. The van der Waals surface area contributed by atoms with E-state index in [1.165, 1.54) is 4.88 Å². The molecule has 0 aliphatic carbocycles. The predicted octanol–water partition coefficient (Wildman–Crippen LogP) is 1.95. The maximum absolute atomic E-state index is 8.66. The molecule has 4 heteroatoms. The molecule has 0 amide bonds. The normalized spacial score (nSPS) is 12.3. The van der Waals surface area contributed by atoms with E-state index in [9.17, 15) is 0 Å². The molecule has 0 spiro atoms. The fourth-order valence-electron chi connectivity index (χ4n) is 1.80. The Balaban J connectivity index is 2.61. The Kier molecular flexibility index (Phi) is 6.99. The van der Waals surface area contributed by atoms with E-state index in [0.717, 1.165) is 25.3 Å². The summed E-state index contributed by atoms with van der Waals surface area (Å²) in [5.74, 6) is 5.59. The largest absolute Gasteiger partial charge is 0.384 e. The fraction of sp³-hybridized carbons (Fsp3) is 0.571. The molecule has 3 nitrogen and oxygen atoms in total. The highest BCUT2D eigenvalue weighted by molar-refractivity contribution is 7.10. The second kappa shape index (κ2) is 8.28. The molecular formula is C14H21NO2S. The van der Waals surface area contributed by atoms with Gasteiger partial charge in [0.15, 0.2) is 0 Å². The zero-order valence-corrected chi connectivity index (χ0v) is 12.1. The summed E-state index contributed by atoms with van der Waals surface area (Å²) in [6.45, 7) is 6.92. The van der Waals surface area contributed by atoms with Crippen LogP contribution in [0.25, 0.3) is 0 Å². The third-order valence-corrected chi connectivity index (χ3v) is 3.68. The summed E-state index contributed by atoms with van der Waals surface area (Å²) >= 11 is 1.71. The van der Waals surface area contributed by atoms with Crippen LogP contribution in [0, 0.1) is 11.8 Å². The fourth-order valence-corrected chi connectivity index (χ4v) is 2.64. The number of hydrogen-bond donors (Lipinski definition) is 1. The van der Waals surface area contributed by atoms with E-state index in [1.54, 1.807) is 18.4 Å². The number of likely N-dealkylation sites (N-methyl/N-ethyl adjacent to an activating group) is 1. The van der Waals surface area contributed by atoms with Crippen LogP contribution in [0.1, 0.15) is 24.3 Å². The van der Waals surface area contributed by atoms with Crippen LogP contribution in [0.15, 0.2) is 11.4 Å². The van der Waals surface area contributed by atoms with E-state index in [-0.39, 0.29) is 6.61 Å². The Morgan fingerprint density at radius 2 is 2.33 bits per heavy atom. The summed E-state index contributed by atoms with van der Waals surface area (Å²) in [7, 11) is 1.73. The second-order valence-corrected chi connectivity index (χ2v) is 5.12. The van der Waals surface area contributed by atoms with E-state index in [4.69, 9.17) is 9.84 Å². The first-order valence-electron chi connectivity index (χ1n) is 6.11. The van der Waals surface area contributed by atoms with Crippen molar-refractivity contribution in [3.63, 3.8) is 0 Å². The van der Waals surface area contributed by atoms with Gasteiger partial charge in [0.1, 0.15) is 6.61 Å². The molecule has 1 unspecified atom stereocenters. The molecule has 1 aromatic heterocycles. The molecule has 0 fully saturated rings. The molecule has 1 rings (SSSR count). The highest BCUT2D eigenvalue weighted by atomic mass is 32.1. The Bertz CT molecular complexity index is 405. The van der Waals surface area contributed by atoms with Gasteiger partial charge in [-0.05, 0) is 19.5 Å². The van der Waals surface area contributed by atoms with Gasteiger partial charge in [-0.1, -0.05) is 18.8 Å². The maximum Gasteiger partial charge on any atom is 0.104 e. The van der Waals surface area contributed by atoms with Crippen LogP contribution in [-0.2, 0) is 11.3 Å². The van der Waals surface area contributed by atoms with Crippen molar-refractivity contribution in [2.24, 2.45) is 0 Å². The molecule has 0 aromatic carbocycles. The third-order valence-electron chi connectivity index (χ3n) is 2.76. The van der Waals surface area contributed by atoms with Gasteiger partial charge in [-0.3, -0.25) is 4.90 Å². The molecule has 18 heavy (non-hydrogen) atoms. The van der Waals surface area contributed by atoms with Gasteiger partial charge in [0.25, 0.3) is 0 Å². The van der Waals surface area contributed by atoms with Crippen molar-refractivity contribution in [1.82, 2.24) is 4.90 Å². The van der Waals surface area contributed by atoms with Crippen LogP contribution in [0.2, 0.25) is 0 Å². The van der Waals surface area contributed by atoms with Gasteiger partial charge in [-0.2, -0.15) is 0 Å². The highest BCUT2D eigenvalue weighted by Gasteiger charge is 2.13. The van der Waals surface area contributed by atoms with Crippen LogP contribution in [0.4, 0.5) is 0 Å². The molecule has 0 bridgehead atoms. The number of aliphatic hydroxyl groups is 1. The number of rotatable bonds is 6. The van der Waals surface area contributed by atoms with Gasteiger partial charge in [0, 0.05) is 35.5 Å². The molecule has 0 saturated carbocycles. The summed E-state index contributed by atoms with van der Waals surface area (Å²) in [5.41, 5.74) is 0.986. The lowest BCUT2D eigenvalue weighted by molar-refractivity contribution is 0.0988. The first-order chi connectivity index (χ1) is 8.71. The molecular weight excluding hydrogens is 246 g/mol. The van der Waals surface area contributed by atoms with Crippen molar-refractivity contribution in [3.05, 3.63) is 21.9 Å². The van der Waals surface area contributed by atoms with E-state index in [2.05, 4.69) is 36.7 Å². The van der Waals surface area contributed by atoms with E-state index < -0.39 is 0 Å². The molecule has 0 aliphatic heterocycles. The SMILES string of the molecule is CCN(Cc1cc(C#CCO)cs1)C(C)COC. The minimum absolute atomic E-state index is 0.0862. The van der Waals surface area contributed by atoms with Gasteiger partial charge >= 0.3 is 0 Å². The highest BCUT2D eigenvalue weighted by Crippen LogP contribution is 2.17. The lowest BCUT2D eigenvalue weighted by Crippen LogP contribution is -2.35. The average Bonchev–Trinajstić information content (AvgIpc) is 2.81. The monoisotopic (exact) mass is 267 g/mol. The summed E-state index contributed by atoms with van der Waals surface area (Å²) in [6, 6.07) is 2.50. The Hall–Kier alpha value is -0.860. The van der Waals surface area contributed by atoms with Gasteiger partial charge in [-0.15, -0.1) is 11.3 Å². The van der Waals surface area contributed by atoms with Crippen molar-refractivity contribution in [2.45, 2.75) is 26.4 Å². The molecule has 1 aromatic rings. The van der Waals surface area contributed by atoms with Crippen molar-refractivity contribution in [2.75, 3.05) is 26.9 Å². The van der Waals surface area contributed by atoms with Crippen LogP contribution < -0.4 is 0 Å². The Labute approximate surface area is 113 Å². The molecule has 100 valence electrons. The van der Waals surface area contributed by atoms with Crippen LogP contribution in [0.5, 0.6) is 0 Å². The molecule has 0 aliphatic rings. The summed E-state index contributed by atoms with van der Waals surface area (Å²) < 4.78 is 5.19. The van der Waals surface area contributed by atoms with E-state index in [1.807, 2.05) is 5.38 Å². The van der Waals surface area contributed by atoms with Crippen molar-refractivity contribution in [1.29, 1.82) is 0 Å². The van der Waals surface area contributed by atoms with Crippen LogP contribution in [-0.4, -0.2) is 42.9 Å². The van der Waals surface area contributed by atoms with Gasteiger partial charge < -0.3 is 9.84 Å². The lowest BCUT2D eigenvalue weighted by Gasteiger charge is -2.26. The molecule has 1 atom stereocenters. The smallest absolute Gasteiger partial charge is 0.104 e. The molecule has 0 saturated heterocycles. The lowest BCUT2D eigenvalue weighted by atomic mass is 10.2. The summed E-state index contributed by atoms with van der Waals surface area (Å²) in [4.78, 5) is 3.67. The summed E-state index contributed by atoms with van der Waals surface area (Å²) in [6.07, 6.45) is 0. The van der Waals surface area contributed by atoms with Gasteiger partial charge in [0.2, 0.25) is 0 Å². The quantitative estimate of drug-likeness (QED) is 0.800. The third kappa shape index (κ3) is 4.79. The van der Waals surface area contributed by atoms with Crippen molar-refractivity contribution >= 4 is 11.3 Å². The number of ether oxygens (including phenoxy) is 1.